The number of rotatable bonds is 0. The van der Waals surface area contributed by atoms with Gasteiger partial charge in [0.15, 0.2) is 0 Å². The van der Waals surface area contributed by atoms with Gasteiger partial charge in [-0.15, -0.1) is 0 Å². The topological polar surface area (TPSA) is 0 Å². The molecule has 3 heteroatoms. The van der Waals surface area contributed by atoms with Gasteiger partial charge in [-0.2, -0.15) is 0 Å². The van der Waals surface area contributed by atoms with Crippen LogP contribution in [-0.2, 0) is 36.1 Å². The number of fused-ring (bicyclic) bond motifs is 10. The summed E-state index contributed by atoms with van der Waals surface area (Å²) in [6.07, 6.45) is 2.39. The minimum Gasteiger partial charge on any atom is -1.00 e. The quantitative estimate of drug-likeness (QED) is 0.294. The van der Waals surface area contributed by atoms with Crippen molar-refractivity contribution in [3.05, 3.63) is 106 Å². The fourth-order valence-electron chi connectivity index (χ4n) is 6.36. The van der Waals surface area contributed by atoms with Crippen molar-refractivity contribution in [3.8, 4) is 22.3 Å². The Morgan fingerprint density at radius 2 is 0.970 bits per heavy atom. The Hall–Kier alpha value is -1.66. The Kier molecular flexibility index (Phi) is 5.97. The van der Waals surface area contributed by atoms with E-state index in [1.807, 2.05) is 0 Å². The van der Waals surface area contributed by atoms with E-state index in [2.05, 4.69) is 86.6 Å². The van der Waals surface area contributed by atoms with Crippen molar-refractivity contribution in [1.82, 2.24) is 0 Å². The van der Waals surface area contributed by atoms with Gasteiger partial charge in [-0.05, 0) is 0 Å². The van der Waals surface area contributed by atoms with Crippen molar-refractivity contribution in [1.29, 1.82) is 0 Å². The van der Waals surface area contributed by atoms with E-state index in [0.717, 1.165) is 0 Å². The summed E-state index contributed by atoms with van der Waals surface area (Å²) in [5, 5.41) is 0. The summed E-state index contributed by atoms with van der Waals surface area (Å²) in [6.45, 7) is 4.87. The molecule has 1 heterocycles. The number of hydrogen-bond acceptors (Lipinski definition) is 0. The molecule has 2 atom stereocenters. The van der Waals surface area contributed by atoms with Crippen LogP contribution in [0.15, 0.2) is 72.8 Å². The number of hydrogen-bond donors (Lipinski definition) is 0. The van der Waals surface area contributed by atoms with Crippen LogP contribution in [0.5, 0.6) is 0 Å². The molecule has 33 heavy (non-hydrogen) atoms. The normalized spacial score (nSPS) is 17.9. The Balaban J connectivity index is 0.00000114. The molecular formula is C30H24Cl2Zr. The Morgan fingerprint density at radius 3 is 1.42 bits per heavy atom. The molecule has 0 saturated heterocycles. The zero-order chi connectivity index (χ0) is 20.7. The van der Waals surface area contributed by atoms with Crippen LogP contribution in [-0.4, -0.2) is 0 Å². The molecule has 4 aromatic rings. The van der Waals surface area contributed by atoms with Gasteiger partial charge in [0.05, 0.1) is 0 Å². The molecule has 162 valence electrons. The van der Waals surface area contributed by atoms with Gasteiger partial charge in [-0.1, -0.05) is 0 Å². The Labute approximate surface area is 220 Å². The second-order valence-corrected chi connectivity index (χ2v) is 12.4. The number of benzene rings is 4. The molecule has 0 radical (unpaired) electrons. The third-order valence-corrected chi connectivity index (χ3v) is 12.0. The molecule has 0 aromatic heterocycles. The molecule has 0 spiro atoms. The minimum absolute atomic E-state index is 0. The third kappa shape index (κ3) is 3.20. The molecule has 0 amide bonds. The molecule has 0 saturated carbocycles. The smallest absolute Gasteiger partial charge is 1.00 e. The van der Waals surface area contributed by atoms with Crippen LogP contribution in [0.1, 0.15) is 59.1 Å². The van der Waals surface area contributed by atoms with E-state index in [0.29, 0.717) is 11.8 Å². The van der Waals surface area contributed by atoms with Crippen molar-refractivity contribution in [2.24, 2.45) is 0 Å². The van der Waals surface area contributed by atoms with E-state index in [1.54, 1.807) is 28.8 Å². The van der Waals surface area contributed by atoms with Gasteiger partial charge < -0.3 is 24.8 Å². The fraction of sp³-hybridized carbons (Fsp3) is 0.200. The summed E-state index contributed by atoms with van der Waals surface area (Å²) >= 11 is -0.934. The molecule has 0 nitrogen and oxygen atoms in total. The predicted octanol–water partition coefficient (Wildman–Crippen LogP) is 0.0909. The largest absolute Gasteiger partial charge is 1.00 e. The molecule has 7 rings (SSSR count). The molecule has 0 N–H and O–H groups in total. The maximum absolute atomic E-state index is 2.47. The molecule has 0 unspecified atom stereocenters. The maximum Gasteiger partial charge on any atom is -1.00 e. The first-order valence-electron chi connectivity index (χ1n) is 11.5. The van der Waals surface area contributed by atoms with Crippen LogP contribution in [0, 0.1) is 0 Å². The van der Waals surface area contributed by atoms with Crippen LogP contribution in [0.2, 0.25) is 0 Å². The summed E-state index contributed by atoms with van der Waals surface area (Å²) in [5.41, 5.74) is 15.6. The zero-order valence-electron chi connectivity index (χ0n) is 18.8. The molecule has 1 aliphatic heterocycles. The second kappa shape index (κ2) is 8.53. The Bertz CT molecular complexity index is 1300. The summed E-state index contributed by atoms with van der Waals surface area (Å²) in [5.74, 6) is 1.05. The standard InChI is InChI=1S/C30H24.2ClH.Zr/c1-19-23-7-3-5-9-25(23)27-15-13-21(17-29(19)27)11-12-22-14-16-28-26-10-6-4-8-24(26)20(2)30(28)18-22;;;/h3-10,13-16,19-20H,11-12H2,1-2H3;2*1H;/q;;;+2/p-2/t19-,20+;;;. The van der Waals surface area contributed by atoms with Gasteiger partial charge in [0.2, 0.25) is 0 Å². The predicted molar refractivity (Wildman–Crippen MR) is 125 cm³/mol. The summed E-state index contributed by atoms with van der Waals surface area (Å²) in [6, 6.07) is 28.0. The van der Waals surface area contributed by atoms with Crippen LogP contribution >= 0.6 is 0 Å². The zero-order valence-corrected chi connectivity index (χ0v) is 22.7. The minimum atomic E-state index is -0.934. The van der Waals surface area contributed by atoms with E-state index in [1.165, 1.54) is 46.2 Å². The van der Waals surface area contributed by atoms with Gasteiger partial charge >= 0.3 is 197 Å². The van der Waals surface area contributed by atoms with Gasteiger partial charge in [-0.3, -0.25) is 0 Å². The van der Waals surface area contributed by atoms with E-state index >= 15 is 0 Å². The SMILES string of the molecule is C[C@@H]1c2ccccc2-c2ccc3[c](c21)[Zr+2][c]1c(ccc2c1[C@@H](C)c1ccccc1-2)CC3.[Cl-].[Cl-]. The molecular weight excluding hydrogens is 522 g/mol. The van der Waals surface area contributed by atoms with Crippen molar-refractivity contribution in [3.63, 3.8) is 0 Å². The molecule has 4 aromatic carbocycles. The van der Waals surface area contributed by atoms with Gasteiger partial charge in [-0.25, -0.2) is 0 Å². The monoisotopic (exact) mass is 544 g/mol. The second-order valence-electron chi connectivity index (χ2n) is 9.36. The van der Waals surface area contributed by atoms with Crippen LogP contribution < -0.4 is 31.4 Å². The van der Waals surface area contributed by atoms with E-state index in [-0.39, 0.29) is 24.8 Å². The van der Waals surface area contributed by atoms with Crippen molar-refractivity contribution in [2.75, 3.05) is 0 Å². The maximum atomic E-state index is 2.47. The summed E-state index contributed by atoms with van der Waals surface area (Å²) in [4.78, 5) is 0. The molecule has 3 aliphatic rings. The van der Waals surface area contributed by atoms with Gasteiger partial charge in [0.1, 0.15) is 0 Å². The average molecular weight is 547 g/mol. The molecule has 2 aliphatic carbocycles. The fourth-order valence-corrected chi connectivity index (χ4v) is 11.2. The summed E-state index contributed by atoms with van der Waals surface area (Å²) in [7, 11) is 0. The van der Waals surface area contributed by atoms with E-state index in [4.69, 9.17) is 0 Å². The Morgan fingerprint density at radius 1 is 0.545 bits per heavy atom. The summed E-state index contributed by atoms with van der Waals surface area (Å²) < 4.78 is 3.56. The van der Waals surface area contributed by atoms with Crippen LogP contribution in [0.25, 0.3) is 22.3 Å². The third-order valence-electron chi connectivity index (χ3n) is 7.88. The average Bonchev–Trinajstić information content (AvgIpc) is 3.17. The van der Waals surface area contributed by atoms with Crippen molar-refractivity contribution < 1.29 is 48.0 Å². The van der Waals surface area contributed by atoms with Crippen LogP contribution in [0.4, 0.5) is 0 Å². The molecule has 0 fully saturated rings. The first-order chi connectivity index (χ1) is 15.2. The number of halogens is 2. The van der Waals surface area contributed by atoms with Gasteiger partial charge in [0, 0.05) is 0 Å². The first kappa shape index (κ1) is 23.1. The van der Waals surface area contributed by atoms with Crippen molar-refractivity contribution in [2.45, 2.75) is 38.5 Å². The van der Waals surface area contributed by atoms with E-state index < -0.39 is 23.2 Å². The molecule has 0 bridgehead atoms. The van der Waals surface area contributed by atoms with Gasteiger partial charge in [0.25, 0.3) is 0 Å². The van der Waals surface area contributed by atoms with Crippen molar-refractivity contribution >= 4 is 6.54 Å². The first-order valence-corrected chi connectivity index (χ1v) is 14.0. The van der Waals surface area contributed by atoms with E-state index in [9.17, 15) is 0 Å². The number of aryl methyl sites for hydroxylation is 2. The van der Waals surface area contributed by atoms with Crippen LogP contribution in [0.3, 0.4) is 0 Å².